The molecule has 0 saturated heterocycles. The number of amides is 1. The molecule has 1 N–H and O–H groups in total. The number of aromatic nitrogens is 2. The molecule has 134 valence electrons. The minimum atomic E-state index is -0.215. The van der Waals surface area contributed by atoms with Crippen LogP contribution in [0.25, 0.3) is 5.69 Å². The largest absolute Gasteiger partial charge is 0.492 e. The van der Waals surface area contributed by atoms with E-state index in [4.69, 9.17) is 4.74 Å². The summed E-state index contributed by atoms with van der Waals surface area (Å²) in [5.74, 6) is 0.562. The van der Waals surface area contributed by atoms with Crippen LogP contribution in [-0.2, 0) is 0 Å². The maximum Gasteiger partial charge on any atom is 0.274 e. The average Bonchev–Trinajstić information content (AvgIpc) is 3.13. The van der Waals surface area contributed by atoms with Crippen molar-refractivity contribution in [3.05, 3.63) is 72.8 Å². The highest BCUT2D eigenvalue weighted by atomic mass is 16.5. The van der Waals surface area contributed by atoms with Crippen LogP contribution in [0.4, 0.5) is 5.69 Å². The van der Waals surface area contributed by atoms with Crippen molar-refractivity contribution >= 4 is 11.6 Å². The number of nitrogens with one attached hydrogen (secondary N) is 1. The Bertz CT molecular complexity index is 842. The van der Waals surface area contributed by atoms with Crippen molar-refractivity contribution in [2.24, 2.45) is 0 Å². The molecule has 6 nitrogen and oxygen atoms in total. The number of para-hydroxylation sites is 1. The Morgan fingerprint density at radius 2 is 1.85 bits per heavy atom. The van der Waals surface area contributed by atoms with E-state index in [0.29, 0.717) is 18.0 Å². The zero-order valence-electron chi connectivity index (χ0n) is 14.9. The van der Waals surface area contributed by atoms with Gasteiger partial charge in [-0.3, -0.25) is 9.36 Å². The van der Waals surface area contributed by atoms with E-state index in [1.165, 1.54) is 0 Å². The van der Waals surface area contributed by atoms with Crippen molar-refractivity contribution < 1.29 is 9.53 Å². The molecule has 0 saturated carbocycles. The first kappa shape index (κ1) is 17.7. The van der Waals surface area contributed by atoms with Crippen molar-refractivity contribution in [1.29, 1.82) is 0 Å². The molecular formula is C20H22N4O2. The molecule has 3 aromatic rings. The highest BCUT2D eigenvalue weighted by Crippen LogP contribution is 2.17. The number of anilines is 1. The van der Waals surface area contributed by atoms with Crippen LogP contribution >= 0.6 is 0 Å². The summed E-state index contributed by atoms with van der Waals surface area (Å²) >= 11 is 0. The molecule has 3 rings (SSSR count). The lowest BCUT2D eigenvalue weighted by Gasteiger charge is -2.12. The van der Waals surface area contributed by atoms with Crippen LogP contribution in [0.1, 0.15) is 10.5 Å². The Morgan fingerprint density at radius 1 is 1.12 bits per heavy atom. The van der Waals surface area contributed by atoms with E-state index in [1.807, 2.05) is 68.7 Å². The second-order valence-corrected chi connectivity index (χ2v) is 6.11. The molecule has 0 unspecified atom stereocenters. The predicted molar refractivity (Wildman–Crippen MR) is 102 cm³/mol. The van der Waals surface area contributed by atoms with Gasteiger partial charge in [-0.25, -0.2) is 4.98 Å². The van der Waals surface area contributed by atoms with E-state index < -0.39 is 0 Å². The van der Waals surface area contributed by atoms with E-state index in [-0.39, 0.29) is 5.91 Å². The number of carbonyl (C=O) groups is 1. The Morgan fingerprint density at radius 3 is 2.54 bits per heavy atom. The molecule has 0 aliphatic rings. The third kappa shape index (κ3) is 4.49. The molecule has 0 aliphatic carbocycles. The van der Waals surface area contributed by atoms with Gasteiger partial charge in [0.05, 0.1) is 12.5 Å². The standard InChI is InChI=1S/C20H22N4O2/c1-23(2)12-13-26-18-10-8-16(9-11-18)22-20(25)19-14-21-15-24(19)17-6-4-3-5-7-17/h3-11,14-15H,12-13H2,1-2H3,(H,22,25). The van der Waals surface area contributed by atoms with Crippen LogP contribution in [0.3, 0.4) is 0 Å². The molecule has 0 bridgehead atoms. The monoisotopic (exact) mass is 350 g/mol. The highest BCUT2D eigenvalue weighted by molar-refractivity contribution is 6.03. The molecule has 0 aliphatic heterocycles. The number of imidazole rings is 1. The van der Waals surface area contributed by atoms with Gasteiger partial charge < -0.3 is 15.0 Å². The Kier molecular flexibility index (Phi) is 5.66. The molecule has 1 aromatic heterocycles. The summed E-state index contributed by atoms with van der Waals surface area (Å²) in [5, 5.41) is 2.89. The lowest BCUT2D eigenvalue weighted by Crippen LogP contribution is -2.19. The van der Waals surface area contributed by atoms with E-state index in [9.17, 15) is 4.79 Å². The van der Waals surface area contributed by atoms with E-state index in [2.05, 4.69) is 15.2 Å². The van der Waals surface area contributed by atoms with Gasteiger partial charge in [-0.2, -0.15) is 0 Å². The van der Waals surface area contributed by atoms with Crippen LogP contribution < -0.4 is 10.1 Å². The second-order valence-electron chi connectivity index (χ2n) is 6.11. The minimum Gasteiger partial charge on any atom is -0.492 e. The fourth-order valence-corrected chi connectivity index (χ4v) is 2.43. The quantitative estimate of drug-likeness (QED) is 0.711. The number of benzene rings is 2. The van der Waals surface area contributed by atoms with Crippen molar-refractivity contribution in [1.82, 2.24) is 14.5 Å². The number of hydrogen-bond acceptors (Lipinski definition) is 4. The summed E-state index contributed by atoms with van der Waals surface area (Å²) in [6.07, 6.45) is 3.19. The van der Waals surface area contributed by atoms with Gasteiger partial charge in [0.2, 0.25) is 0 Å². The molecular weight excluding hydrogens is 328 g/mol. The smallest absolute Gasteiger partial charge is 0.274 e. The van der Waals surface area contributed by atoms with Crippen molar-refractivity contribution in [2.75, 3.05) is 32.6 Å². The fraction of sp³-hybridized carbons (Fsp3) is 0.200. The topological polar surface area (TPSA) is 59.4 Å². The van der Waals surface area contributed by atoms with Gasteiger partial charge in [0.1, 0.15) is 18.1 Å². The molecule has 1 amide bonds. The van der Waals surface area contributed by atoms with Crippen molar-refractivity contribution in [2.45, 2.75) is 0 Å². The van der Waals surface area contributed by atoms with E-state index in [1.54, 1.807) is 17.1 Å². The fourth-order valence-electron chi connectivity index (χ4n) is 2.43. The number of hydrogen-bond donors (Lipinski definition) is 1. The lowest BCUT2D eigenvalue weighted by atomic mass is 10.2. The summed E-state index contributed by atoms with van der Waals surface area (Å²) < 4.78 is 7.42. The molecule has 1 heterocycles. The summed E-state index contributed by atoms with van der Waals surface area (Å²) in [6, 6.07) is 17.0. The normalized spacial score (nSPS) is 10.7. The van der Waals surface area contributed by atoms with Gasteiger partial charge in [-0.05, 0) is 50.5 Å². The van der Waals surface area contributed by atoms with Crippen molar-refractivity contribution in [3.8, 4) is 11.4 Å². The van der Waals surface area contributed by atoms with Crippen LogP contribution in [0, 0.1) is 0 Å². The van der Waals surface area contributed by atoms with E-state index >= 15 is 0 Å². The maximum absolute atomic E-state index is 12.6. The summed E-state index contributed by atoms with van der Waals surface area (Å²) in [5.41, 5.74) is 2.07. The number of nitrogens with zero attached hydrogens (tertiary/aromatic N) is 3. The summed E-state index contributed by atoms with van der Waals surface area (Å²) in [7, 11) is 4.00. The minimum absolute atomic E-state index is 0.215. The zero-order chi connectivity index (χ0) is 18.4. The summed E-state index contributed by atoms with van der Waals surface area (Å²) in [6.45, 7) is 1.47. The number of carbonyl (C=O) groups excluding carboxylic acids is 1. The second kappa shape index (κ2) is 8.31. The van der Waals surface area contributed by atoms with Gasteiger partial charge in [0.25, 0.3) is 5.91 Å². The number of ether oxygens (including phenoxy) is 1. The first-order valence-corrected chi connectivity index (χ1v) is 8.40. The van der Waals surface area contributed by atoms with E-state index in [0.717, 1.165) is 18.0 Å². The Balaban J connectivity index is 1.65. The Hall–Kier alpha value is -3.12. The maximum atomic E-state index is 12.6. The SMILES string of the molecule is CN(C)CCOc1ccc(NC(=O)c2cncn2-c2ccccc2)cc1. The van der Waals surface area contributed by atoms with Crippen LogP contribution in [-0.4, -0.2) is 47.6 Å². The molecule has 0 radical (unpaired) electrons. The third-order valence-corrected chi connectivity index (χ3v) is 3.82. The van der Waals surface area contributed by atoms with Crippen LogP contribution in [0.15, 0.2) is 67.1 Å². The molecule has 26 heavy (non-hydrogen) atoms. The van der Waals surface area contributed by atoms with Gasteiger partial charge in [-0.15, -0.1) is 0 Å². The average molecular weight is 350 g/mol. The summed E-state index contributed by atoms with van der Waals surface area (Å²) in [4.78, 5) is 18.8. The molecule has 2 aromatic carbocycles. The van der Waals surface area contributed by atoms with Gasteiger partial charge in [-0.1, -0.05) is 18.2 Å². The molecule has 0 atom stereocenters. The molecule has 0 spiro atoms. The first-order chi connectivity index (χ1) is 12.6. The Labute approximate surface area is 153 Å². The van der Waals surface area contributed by atoms with Crippen LogP contribution in [0.2, 0.25) is 0 Å². The van der Waals surface area contributed by atoms with Gasteiger partial charge >= 0.3 is 0 Å². The van der Waals surface area contributed by atoms with Crippen molar-refractivity contribution in [3.63, 3.8) is 0 Å². The molecule has 6 heteroatoms. The number of rotatable bonds is 7. The van der Waals surface area contributed by atoms with Gasteiger partial charge in [0.15, 0.2) is 0 Å². The highest BCUT2D eigenvalue weighted by Gasteiger charge is 2.13. The predicted octanol–water partition coefficient (Wildman–Crippen LogP) is 3.07. The zero-order valence-corrected chi connectivity index (χ0v) is 14.9. The van der Waals surface area contributed by atoms with Crippen LogP contribution in [0.5, 0.6) is 5.75 Å². The van der Waals surface area contributed by atoms with Gasteiger partial charge in [0, 0.05) is 17.9 Å². The third-order valence-electron chi connectivity index (χ3n) is 3.82. The lowest BCUT2D eigenvalue weighted by molar-refractivity contribution is 0.102. The first-order valence-electron chi connectivity index (χ1n) is 8.40. The number of likely N-dealkylation sites (N-methyl/N-ethyl adjacent to an activating group) is 1. The molecule has 0 fully saturated rings.